The summed E-state index contributed by atoms with van der Waals surface area (Å²) in [6.45, 7) is 3.00. The molecule has 2 rings (SSSR count). The highest BCUT2D eigenvalue weighted by Gasteiger charge is 2.59. The first-order chi connectivity index (χ1) is 11.1. The summed E-state index contributed by atoms with van der Waals surface area (Å²) in [7, 11) is 0. The number of fused-ring (bicyclic) bond motifs is 1. The third kappa shape index (κ3) is 2.57. The molecule has 1 aliphatic heterocycles. The summed E-state index contributed by atoms with van der Waals surface area (Å²) in [6, 6.07) is 3.13. The number of nitro groups is 1. The van der Waals surface area contributed by atoms with Crippen molar-refractivity contribution in [2.75, 3.05) is 4.90 Å². The van der Waals surface area contributed by atoms with E-state index in [1.165, 1.54) is 0 Å². The van der Waals surface area contributed by atoms with Crippen molar-refractivity contribution in [2.45, 2.75) is 26.6 Å². The van der Waals surface area contributed by atoms with E-state index in [0.29, 0.717) is 4.90 Å². The molecule has 0 atom stereocenters. The van der Waals surface area contributed by atoms with Crippen LogP contribution in [0.5, 0.6) is 0 Å². The van der Waals surface area contributed by atoms with Gasteiger partial charge in [-0.25, -0.2) is 4.90 Å². The number of ether oxygens (including phenoxy) is 2. The molecule has 1 aliphatic rings. The summed E-state index contributed by atoms with van der Waals surface area (Å²) in [5, 5.41) is 11.0. The van der Waals surface area contributed by atoms with Gasteiger partial charge in [0.2, 0.25) is 5.91 Å². The predicted molar refractivity (Wildman–Crippen MR) is 76.5 cm³/mol. The second-order valence-corrected chi connectivity index (χ2v) is 4.92. The minimum Gasteiger partial charge on any atom is -0.409 e. The molecule has 0 unspecified atom stereocenters. The third-order valence-electron chi connectivity index (χ3n) is 3.16. The van der Waals surface area contributed by atoms with Gasteiger partial charge >= 0.3 is 23.6 Å². The predicted octanol–water partition coefficient (Wildman–Crippen LogP) is 0.767. The summed E-state index contributed by atoms with van der Waals surface area (Å²) in [6.07, 6.45) is 0. The summed E-state index contributed by atoms with van der Waals surface area (Å²) in [4.78, 5) is 58.2. The Hall–Kier alpha value is -3.30. The Bertz CT molecular complexity index is 769. The number of esters is 2. The number of rotatable bonds is 3. The minimum absolute atomic E-state index is 0.0689. The lowest BCUT2D eigenvalue weighted by molar-refractivity contribution is -0.385. The smallest absolute Gasteiger partial charge is 0.367 e. The van der Waals surface area contributed by atoms with Crippen LogP contribution in [0.4, 0.5) is 11.4 Å². The maximum absolute atomic E-state index is 12.7. The van der Waals surface area contributed by atoms with Gasteiger partial charge < -0.3 is 9.47 Å². The lowest BCUT2D eigenvalue weighted by atomic mass is 10.1. The van der Waals surface area contributed by atoms with E-state index in [1.807, 2.05) is 0 Å². The number of hydrogen-bond donors (Lipinski definition) is 0. The molecule has 0 spiro atoms. The van der Waals surface area contributed by atoms with Gasteiger partial charge in [-0.1, -0.05) is 0 Å². The summed E-state index contributed by atoms with van der Waals surface area (Å²) < 4.78 is 9.83. The van der Waals surface area contributed by atoms with Gasteiger partial charge in [0.25, 0.3) is 5.69 Å². The average Bonchev–Trinajstić information content (AvgIpc) is 2.66. The van der Waals surface area contributed by atoms with Crippen LogP contribution in [0.15, 0.2) is 18.2 Å². The van der Waals surface area contributed by atoms with Crippen LogP contribution >= 0.6 is 0 Å². The molecule has 0 aromatic heterocycles. The quantitative estimate of drug-likeness (QED) is 0.342. The zero-order valence-corrected chi connectivity index (χ0v) is 12.9. The van der Waals surface area contributed by atoms with Crippen molar-refractivity contribution in [3.8, 4) is 0 Å². The Morgan fingerprint density at radius 2 is 1.67 bits per heavy atom. The molecule has 10 heteroatoms. The Morgan fingerprint density at radius 1 is 1.12 bits per heavy atom. The monoisotopic (exact) mass is 336 g/mol. The van der Waals surface area contributed by atoms with Gasteiger partial charge in [0.05, 0.1) is 16.2 Å². The van der Waals surface area contributed by atoms with Crippen molar-refractivity contribution < 1.29 is 33.6 Å². The van der Waals surface area contributed by atoms with Crippen LogP contribution in [0.2, 0.25) is 0 Å². The molecule has 1 aromatic rings. The standard InChI is InChI=1S/C14H12N2O8/c1-7(17)15-12-5-4-10(16(21)22)6-11(12)14(13(15)20,23-8(2)18)24-9(3)19/h4-6H,1-3H3. The van der Waals surface area contributed by atoms with E-state index in [1.54, 1.807) is 0 Å². The van der Waals surface area contributed by atoms with Gasteiger partial charge in [0, 0.05) is 32.9 Å². The van der Waals surface area contributed by atoms with E-state index >= 15 is 0 Å². The first-order valence-electron chi connectivity index (χ1n) is 6.63. The number of benzene rings is 1. The number of imide groups is 1. The first kappa shape index (κ1) is 17.1. The fourth-order valence-electron chi connectivity index (χ4n) is 2.40. The zero-order valence-electron chi connectivity index (χ0n) is 12.9. The molecule has 0 saturated carbocycles. The molecule has 0 aliphatic carbocycles. The topological polar surface area (TPSA) is 133 Å². The average molecular weight is 336 g/mol. The highest BCUT2D eigenvalue weighted by Crippen LogP contribution is 2.45. The van der Waals surface area contributed by atoms with Crippen molar-refractivity contribution in [3.05, 3.63) is 33.9 Å². The molecule has 10 nitrogen and oxygen atoms in total. The van der Waals surface area contributed by atoms with Crippen molar-refractivity contribution in [1.82, 2.24) is 0 Å². The molecule has 0 N–H and O–H groups in total. The van der Waals surface area contributed by atoms with Crippen LogP contribution < -0.4 is 4.90 Å². The number of nitro benzene ring substituents is 1. The maximum atomic E-state index is 12.7. The molecular weight excluding hydrogens is 324 g/mol. The number of hydrogen-bond acceptors (Lipinski definition) is 8. The molecule has 24 heavy (non-hydrogen) atoms. The van der Waals surface area contributed by atoms with Gasteiger partial charge in [-0.05, 0) is 6.07 Å². The summed E-state index contributed by atoms with van der Waals surface area (Å²) >= 11 is 0. The Balaban J connectivity index is 2.79. The lowest BCUT2D eigenvalue weighted by Gasteiger charge is -2.26. The van der Waals surface area contributed by atoms with Crippen LogP contribution in [0.3, 0.4) is 0 Å². The van der Waals surface area contributed by atoms with Crippen LogP contribution in [0, 0.1) is 10.1 Å². The fourth-order valence-corrected chi connectivity index (χ4v) is 2.40. The van der Waals surface area contributed by atoms with Gasteiger partial charge in [0.15, 0.2) is 0 Å². The van der Waals surface area contributed by atoms with Crippen molar-refractivity contribution in [3.63, 3.8) is 0 Å². The van der Waals surface area contributed by atoms with Crippen LogP contribution in [-0.2, 0) is 34.4 Å². The highest BCUT2D eigenvalue weighted by molar-refractivity contribution is 6.22. The van der Waals surface area contributed by atoms with E-state index in [-0.39, 0.29) is 11.3 Å². The summed E-state index contributed by atoms with van der Waals surface area (Å²) in [5.74, 6) is -6.42. The van der Waals surface area contributed by atoms with Crippen LogP contribution in [0.1, 0.15) is 26.3 Å². The molecule has 1 heterocycles. The van der Waals surface area contributed by atoms with E-state index in [2.05, 4.69) is 0 Å². The van der Waals surface area contributed by atoms with Crippen LogP contribution in [0.25, 0.3) is 0 Å². The second-order valence-electron chi connectivity index (χ2n) is 4.92. The number of amides is 2. The molecular formula is C14H12N2O8. The molecule has 1 aromatic carbocycles. The largest absolute Gasteiger partial charge is 0.409 e. The van der Waals surface area contributed by atoms with Crippen molar-refractivity contribution >= 4 is 35.1 Å². The van der Waals surface area contributed by atoms with Crippen molar-refractivity contribution in [2.24, 2.45) is 0 Å². The highest BCUT2D eigenvalue weighted by atomic mass is 16.7. The fraction of sp³-hybridized carbons (Fsp3) is 0.286. The number of nitrogens with zero attached hydrogens (tertiary/aromatic N) is 2. The van der Waals surface area contributed by atoms with Crippen LogP contribution in [-0.4, -0.2) is 28.7 Å². The number of non-ortho nitro benzene ring substituents is 1. The molecule has 0 saturated heterocycles. The second kappa shape index (κ2) is 5.72. The Kier molecular flexibility index (Phi) is 4.07. The van der Waals surface area contributed by atoms with E-state index in [0.717, 1.165) is 39.0 Å². The molecule has 0 radical (unpaired) electrons. The van der Waals surface area contributed by atoms with Crippen molar-refractivity contribution in [1.29, 1.82) is 0 Å². The van der Waals surface area contributed by atoms with Gasteiger partial charge in [-0.3, -0.25) is 29.3 Å². The molecule has 2 amide bonds. The number of carbonyl (C=O) groups excluding carboxylic acids is 4. The SMILES string of the molecule is CC(=O)OC1(OC(C)=O)C(=O)N(C(C)=O)c2ccc([N+](=O)[O-])cc21. The number of carbonyl (C=O) groups is 4. The Morgan fingerprint density at radius 3 is 2.08 bits per heavy atom. The normalized spacial score (nSPS) is 14.8. The zero-order chi connectivity index (χ0) is 18.2. The summed E-state index contributed by atoms with van der Waals surface area (Å²) in [5.41, 5.74) is -0.779. The van der Waals surface area contributed by atoms with Gasteiger partial charge in [-0.2, -0.15) is 0 Å². The maximum Gasteiger partial charge on any atom is 0.367 e. The third-order valence-corrected chi connectivity index (χ3v) is 3.16. The van der Waals surface area contributed by atoms with E-state index in [9.17, 15) is 29.3 Å². The minimum atomic E-state index is -2.58. The Labute approximate surface area is 135 Å². The lowest BCUT2D eigenvalue weighted by Crippen LogP contribution is -2.47. The number of anilines is 1. The van der Waals surface area contributed by atoms with Gasteiger partial charge in [-0.15, -0.1) is 0 Å². The molecule has 126 valence electrons. The molecule has 0 fully saturated rings. The van der Waals surface area contributed by atoms with Gasteiger partial charge in [0.1, 0.15) is 0 Å². The first-order valence-corrected chi connectivity index (χ1v) is 6.63. The van der Waals surface area contributed by atoms with E-state index in [4.69, 9.17) is 9.47 Å². The molecule has 0 bridgehead atoms. The van der Waals surface area contributed by atoms with E-state index < -0.39 is 40.2 Å².